The van der Waals surface area contributed by atoms with E-state index in [0.717, 1.165) is 28.3 Å². The number of aryl methyl sites for hydroxylation is 1. The van der Waals surface area contributed by atoms with Gasteiger partial charge in [0.25, 0.3) is 0 Å². The Morgan fingerprint density at radius 2 is 1.93 bits per heavy atom. The van der Waals surface area contributed by atoms with Gasteiger partial charge in [-0.1, -0.05) is 42.1 Å². The summed E-state index contributed by atoms with van der Waals surface area (Å²) >= 11 is 1.25. The second kappa shape index (κ2) is 7.90. The molecule has 2 aromatic carbocycles. The zero-order chi connectivity index (χ0) is 19.5. The van der Waals surface area contributed by atoms with Crippen molar-refractivity contribution in [3.63, 3.8) is 0 Å². The number of amides is 1. The van der Waals surface area contributed by atoms with E-state index in [1.165, 1.54) is 11.8 Å². The van der Waals surface area contributed by atoms with Gasteiger partial charge in [0, 0.05) is 5.56 Å². The highest BCUT2D eigenvalue weighted by atomic mass is 32.2. The van der Waals surface area contributed by atoms with Crippen LogP contribution in [0.4, 0.5) is 0 Å². The standard InChI is InChI=1S/C21H19N3O3S/c1-13-17(23-20(27-13)15-5-3-2-4-6-15)12-26-16-9-7-14(8-10-16)11-18-19(25)24-21(22)28-18/h2-10,18H,11-12H2,1H3,(H2,22,24,25). The van der Waals surface area contributed by atoms with Crippen LogP contribution in [-0.2, 0) is 17.8 Å². The summed E-state index contributed by atoms with van der Waals surface area (Å²) in [5.74, 6) is 1.95. The van der Waals surface area contributed by atoms with Crippen molar-refractivity contribution in [2.75, 3.05) is 0 Å². The first-order chi connectivity index (χ1) is 13.6. The lowest BCUT2D eigenvalue weighted by atomic mass is 10.1. The SMILES string of the molecule is Cc1oc(-c2ccccc2)nc1COc1ccc(CC2SC(=N)NC2=O)cc1. The molecule has 1 aliphatic rings. The highest BCUT2D eigenvalue weighted by Crippen LogP contribution is 2.25. The number of oxazole rings is 1. The van der Waals surface area contributed by atoms with E-state index in [1.807, 2.05) is 61.5 Å². The fourth-order valence-corrected chi connectivity index (χ4v) is 3.79. The fraction of sp³-hybridized carbons (Fsp3) is 0.190. The molecule has 0 radical (unpaired) electrons. The predicted molar refractivity (Wildman–Crippen MR) is 108 cm³/mol. The molecule has 2 heterocycles. The van der Waals surface area contributed by atoms with E-state index >= 15 is 0 Å². The number of aromatic nitrogens is 1. The Kier molecular flexibility index (Phi) is 5.16. The van der Waals surface area contributed by atoms with Gasteiger partial charge in [0.2, 0.25) is 11.8 Å². The van der Waals surface area contributed by atoms with Crippen molar-refractivity contribution in [2.45, 2.75) is 25.2 Å². The predicted octanol–water partition coefficient (Wildman–Crippen LogP) is 3.94. The summed E-state index contributed by atoms with van der Waals surface area (Å²) in [4.78, 5) is 16.3. The maximum atomic E-state index is 11.7. The average Bonchev–Trinajstić information content (AvgIpc) is 3.23. The van der Waals surface area contributed by atoms with E-state index in [2.05, 4.69) is 10.3 Å². The number of thioether (sulfide) groups is 1. The van der Waals surface area contributed by atoms with Crippen molar-refractivity contribution in [2.24, 2.45) is 0 Å². The average molecular weight is 393 g/mol. The summed E-state index contributed by atoms with van der Waals surface area (Å²) in [6, 6.07) is 17.4. The molecule has 142 valence electrons. The topological polar surface area (TPSA) is 88.2 Å². The molecule has 1 aliphatic heterocycles. The van der Waals surface area contributed by atoms with Gasteiger partial charge in [0.15, 0.2) is 5.17 Å². The van der Waals surface area contributed by atoms with E-state index in [4.69, 9.17) is 14.6 Å². The normalized spacial score (nSPS) is 16.2. The third-order valence-electron chi connectivity index (χ3n) is 4.42. The summed E-state index contributed by atoms with van der Waals surface area (Å²) < 4.78 is 11.6. The summed E-state index contributed by atoms with van der Waals surface area (Å²) in [6.07, 6.45) is 0.585. The number of rotatable bonds is 6. The number of carbonyl (C=O) groups is 1. The van der Waals surface area contributed by atoms with E-state index in [0.29, 0.717) is 18.9 Å². The number of amidine groups is 1. The van der Waals surface area contributed by atoms with E-state index < -0.39 is 0 Å². The monoisotopic (exact) mass is 393 g/mol. The lowest BCUT2D eigenvalue weighted by molar-refractivity contribution is -0.118. The summed E-state index contributed by atoms with van der Waals surface area (Å²) in [5, 5.41) is 10.0. The third kappa shape index (κ3) is 4.09. The van der Waals surface area contributed by atoms with E-state index in [1.54, 1.807) is 0 Å². The van der Waals surface area contributed by atoms with Gasteiger partial charge in [0.05, 0.1) is 5.25 Å². The summed E-state index contributed by atoms with van der Waals surface area (Å²) in [7, 11) is 0. The number of nitrogens with zero attached hydrogens (tertiary/aromatic N) is 1. The van der Waals surface area contributed by atoms with Crippen molar-refractivity contribution in [3.8, 4) is 17.2 Å². The van der Waals surface area contributed by atoms with Gasteiger partial charge in [-0.05, 0) is 43.2 Å². The molecule has 6 nitrogen and oxygen atoms in total. The molecule has 0 bridgehead atoms. The molecule has 28 heavy (non-hydrogen) atoms. The van der Waals surface area contributed by atoms with Crippen LogP contribution >= 0.6 is 11.8 Å². The first-order valence-corrected chi connectivity index (χ1v) is 9.76. The Hall–Kier alpha value is -3.06. The van der Waals surface area contributed by atoms with Crippen molar-refractivity contribution in [3.05, 3.63) is 71.6 Å². The zero-order valence-corrected chi connectivity index (χ0v) is 16.1. The fourth-order valence-electron chi connectivity index (χ4n) is 2.91. The Bertz CT molecular complexity index is 999. The number of ether oxygens (including phenoxy) is 1. The van der Waals surface area contributed by atoms with Gasteiger partial charge in [-0.15, -0.1) is 0 Å². The van der Waals surface area contributed by atoms with Crippen molar-refractivity contribution < 1.29 is 13.9 Å². The summed E-state index contributed by atoms with van der Waals surface area (Å²) in [5.41, 5.74) is 2.72. The molecule has 2 N–H and O–H groups in total. The zero-order valence-electron chi connectivity index (χ0n) is 15.3. The first kappa shape index (κ1) is 18.3. The number of hydrogen-bond acceptors (Lipinski definition) is 6. The van der Waals surface area contributed by atoms with Crippen molar-refractivity contribution in [1.29, 1.82) is 5.41 Å². The Balaban J connectivity index is 1.37. The van der Waals surface area contributed by atoms with Gasteiger partial charge >= 0.3 is 0 Å². The van der Waals surface area contributed by atoms with Crippen molar-refractivity contribution in [1.82, 2.24) is 10.3 Å². The molecule has 1 saturated heterocycles. The van der Waals surface area contributed by atoms with Gasteiger partial charge in [-0.3, -0.25) is 10.2 Å². The Morgan fingerprint density at radius 3 is 2.61 bits per heavy atom. The Labute approximate surface area is 166 Å². The minimum Gasteiger partial charge on any atom is -0.487 e. The molecule has 0 saturated carbocycles. The molecule has 1 amide bonds. The molecular formula is C21H19N3O3S. The second-order valence-electron chi connectivity index (χ2n) is 6.45. The number of hydrogen-bond donors (Lipinski definition) is 2. The van der Waals surface area contributed by atoms with Crippen LogP contribution in [-0.4, -0.2) is 21.3 Å². The van der Waals surface area contributed by atoms with Crippen LogP contribution in [0.2, 0.25) is 0 Å². The highest BCUT2D eigenvalue weighted by molar-refractivity contribution is 8.15. The van der Waals surface area contributed by atoms with Crippen LogP contribution in [0, 0.1) is 12.3 Å². The lowest BCUT2D eigenvalue weighted by Crippen LogP contribution is -2.25. The maximum Gasteiger partial charge on any atom is 0.239 e. The third-order valence-corrected chi connectivity index (χ3v) is 5.43. The first-order valence-electron chi connectivity index (χ1n) is 8.88. The van der Waals surface area contributed by atoms with Crippen LogP contribution in [0.15, 0.2) is 59.0 Å². The maximum absolute atomic E-state index is 11.7. The van der Waals surface area contributed by atoms with Crippen LogP contribution < -0.4 is 10.1 Å². The lowest BCUT2D eigenvalue weighted by Gasteiger charge is -2.08. The molecule has 7 heteroatoms. The molecule has 1 fully saturated rings. The van der Waals surface area contributed by atoms with Crippen LogP contribution in [0.5, 0.6) is 5.75 Å². The number of nitrogens with one attached hydrogen (secondary N) is 2. The van der Waals surface area contributed by atoms with E-state index in [-0.39, 0.29) is 16.3 Å². The number of carbonyl (C=O) groups excluding carboxylic acids is 1. The smallest absolute Gasteiger partial charge is 0.239 e. The minimum atomic E-state index is -0.242. The molecule has 0 aliphatic carbocycles. The summed E-state index contributed by atoms with van der Waals surface area (Å²) in [6.45, 7) is 2.20. The quantitative estimate of drug-likeness (QED) is 0.662. The van der Waals surface area contributed by atoms with Crippen LogP contribution in [0.3, 0.4) is 0 Å². The van der Waals surface area contributed by atoms with E-state index in [9.17, 15) is 4.79 Å². The largest absolute Gasteiger partial charge is 0.487 e. The molecule has 4 rings (SSSR count). The minimum absolute atomic E-state index is 0.106. The van der Waals surface area contributed by atoms with Gasteiger partial charge in [-0.2, -0.15) is 0 Å². The number of benzene rings is 2. The molecule has 1 unspecified atom stereocenters. The van der Waals surface area contributed by atoms with Gasteiger partial charge in [-0.25, -0.2) is 4.98 Å². The van der Waals surface area contributed by atoms with Crippen LogP contribution in [0.1, 0.15) is 17.0 Å². The van der Waals surface area contributed by atoms with Gasteiger partial charge in [0.1, 0.15) is 23.8 Å². The Morgan fingerprint density at radius 1 is 1.18 bits per heavy atom. The molecule has 3 aromatic rings. The molecule has 0 spiro atoms. The van der Waals surface area contributed by atoms with Gasteiger partial charge < -0.3 is 14.5 Å². The highest BCUT2D eigenvalue weighted by Gasteiger charge is 2.29. The molecule has 1 atom stereocenters. The second-order valence-corrected chi connectivity index (χ2v) is 7.66. The molecular weight excluding hydrogens is 374 g/mol. The van der Waals surface area contributed by atoms with Crippen LogP contribution in [0.25, 0.3) is 11.5 Å². The van der Waals surface area contributed by atoms with Crippen molar-refractivity contribution >= 4 is 22.8 Å². The molecule has 1 aromatic heterocycles.